The van der Waals surface area contributed by atoms with Crippen molar-refractivity contribution >= 4 is 15.6 Å². The first-order valence-corrected chi connectivity index (χ1v) is 12.2. The standard InChI is InChI=1S/C16H21N3O12P2/c1-9-3-2-4-10(17-9)7-28-32(24,25)31-33(26,27)29-8-11-13(21)14(22)15(30-11)19-6-5-12(20)18-16(19)23/h2-6,11,13-15,21-22H,7-8H2,1H3,(H,24,25)(H,26,27)(H,18,20,23)/p-2/t11-,13-,14-,15-/m1/s1. The minimum Gasteiger partial charge on any atom is -0.858 e. The van der Waals surface area contributed by atoms with Gasteiger partial charge in [-0.25, -0.2) is 18.7 Å². The molecule has 17 heteroatoms. The lowest BCUT2D eigenvalue weighted by atomic mass is 10.1. The van der Waals surface area contributed by atoms with Crippen LogP contribution >= 0.6 is 15.6 Å². The Labute approximate surface area is 186 Å². The maximum Gasteiger partial charge on any atom is 0.478 e. The molecular weight excluding hydrogens is 488 g/mol. The van der Waals surface area contributed by atoms with Gasteiger partial charge in [-0.3, -0.25) is 18.6 Å². The lowest BCUT2D eigenvalue weighted by Crippen LogP contribution is -2.36. The molecule has 3 heterocycles. The summed E-state index contributed by atoms with van der Waals surface area (Å²) in [4.78, 5) is 40.5. The Morgan fingerprint density at radius 1 is 1.18 bits per heavy atom. The highest BCUT2D eigenvalue weighted by molar-refractivity contribution is 7.60. The highest BCUT2D eigenvalue weighted by atomic mass is 31.3. The number of phosphoric acid groups is 2. The number of rotatable bonds is 9. The minimum atomic E-state index is -5.32. The van der Waals surface area contributed by atoms with Crippen molar-refractivity contribution in [3.8, 4) is 5.88 Å². The van der Waals surface area contributed by atoms with E-state index in [1.165, 1.54) is 6.07 Å². The molecule has 0 spiro atoms. The largest absolute Gasteiger partial charge is 0.858 e. The predicted octanol–water partition coefficient (Wildman–Crippen LogP) is -1.54. The number of hydrogen-bond donors (Lipinski definition) is 3. The maximum absolute atomic E-state index is 12.0. The van der Waals surface area contributed by atoms with Crippen molar-refractivity contribution < 1.29 is 52.3 Å². The summed E-state index contributed by atoms with van der Waals surface area (Å²) in [5.41, 5.74) is -0.254. The van der Waals surface area contributed by atoms with E-state index in [1.54, 1.807) is 19.1 Å². The summed E-state index contributed by atoms with van der Waals surface area (Å²) in [6.07, 6.45) is -5.41. The zero-order valence-corrected chi connectivity index (χ0v) is 18.7. The van der Waals surface area contributed by atoms with Gasteiger partial charge in [0.25, 0.3) is 7.82 Å². The van der Waals surface area contributed by atoms with Crippen molar-refractivity contribution in [3.05, 3.63) is 52.3 Å². The second kappa shape index (κ2) is 10.1. The van der Waals surface area contributed by atoms with Crippen molar-refractivity contribution in [1.29, 1.82) is 0 Å². The van der Waals surface area contributed by atoms with E-state index in [4.69, 9.17) is 4.74 Å². The van der Waals surface area contributed by atoms with Gasteiger partial charge in [-0.2, -0.15) is 0 Å². The molecule has 0 aliphatic carbocycles. The van der Waals surface area contributed by atoms with Gasteiger partial charge in [0.05, 0.1) is 18.9 Å². The second-order valence-electron chi connectivity index (χ2n) is 6.84. The van der Waals surface area contributed by atoms with Crippen LogP contribution in [0.5, 0.6) is 5.88 Å². The molecule has 3 rings (SSSR count). The van der Waals surface area contributed by atoms with E-state index in [-0.39, 0.29) is 5.69 Å². The van der Waals surface area contributed by atoms with Gasteiger partial charge in [0.1, 0.15) is 18.3 Å². The maximum atomic E-state index is 12.0. The van der Waals surface area contributed by atoms with Crippen molar-refractivity contribution in [2.24, 2.45) is 0 Å². The lowest BCUT2D eigenvalue weighted by Gasteiger charge is -2.25. The first kappa shape index (κ1) is 25.6. The summed E-state index contributed by atoms with van der Waals surface area (Å²) in [6, 6.07) is 5.65. The van der Waals surface area contributed by atoms with E-state index in [9.17, 15) is 39.0 Å². The smallest absolute Gasteiger partial charge is 0.478 e. The van der Waals surface area contributed by atoms with Crippen LogP contribution in [0.25, 0.3) is 0 Å². The Balaban J connectivity index is 1.58. The average Bonchev–Trinajstić information content (AvgIpc) is 2.99. The SMILES string of the molecule is Cc1cccc(COP(=O)([O-])OP(=O)(O)OC[C@H]2O[C@@H](n3ccc([O-])nc3=O)[C@H](O)[C@@H]2O)n1. The number of pyridine rings is 1. The van der Waals surface area contributed by atoms with Crippen LogP contribution in [0.4, 0.5) is 0 Å². The molecule has 182 valence electrons. The van der Waals surface area contributed by atoms with E-state index in [0.29, 0.717) is 5.69 Å². The first-order valence-electron chi connectivity index (χ1n) is 9.21. The molecule has 0 saturated carbocycles. The molecule has 0 aromatic carbocycles. The van der Waals surface area contributed by atoms with Gasteiger partial charge in [0.15, 0.2) is 6.23 Å². The van der Waals surface area contributed by atoms with Gasteiger partial charge < -0.3 is 34.4 Å². The van der Waals surface area contributed by atoms with Gasteiger partial charge in [0, 0.05) is 11.9 Å². The van der Waals surface area contributed by atoms with E-state index in [0.717, 1.165) is 16.8 Å². The molecule has 1 saturated heterocycles. The van der Waals surface area contributed by atoms with Gasteiger partial charge in [-0.05, 0) is 31.0 Å². The van der Waals surface area contributed by atoms with Crippen LogP contribution in [0.15, 0.2) is 35.3 Å². The fourth-order valence-electron chi connectivity index (χ4n) is 2.85. The summed E-state index contributed by atoms with van der Waals surface area (Å²) in [7, 11) is -10.6. The molecule has 3 N–H and O–H groups in total. The molecule has 1 aliphatic rings. The third-order valence-corrected chi connectivity index (χ3v) is 6.88. The van der Waals surface area contributed by atoms with Crippen molar-refractivity contribution in [2.75, 3.05) is 6.61 Å². The summed E-state index contributed by atoms with van der Waals surface area (Å²) in [6.45, 7) is 0.189. The van der Waals surface area contributed by atoms with Crippen molar-refractivity contribution in [3.63, 3.8) is 0 Å². The monoisotopic (exact) mass is 507 g/mol. The zero-order chi connectivity index (χ0) is 24.4. The number of hydrogen-bond acceptors (Lipinski definition) is 13. The third-order valence-electron chi connectivity index (χ3n) is 4.34. The van der Waals surface area contributed by atoms with Crippen molar-refractivity contribution in [1.82, 2.24) is 14.5 Å². The molecule has 2 aromatic heterocycles. The molecule has 0 bridgehead atoms. The van der Waals surface area contributed by atoms with Crippen LogP contribution in [0.1, 0.15) is 17.6 Å². The normalized spacial score (nSPS) is 26.6. The molecule has 33 heavy (non-hydrogen) atoms. The highest BCUT2D eigenvalue weighted by Gasteiger charge is 2.45. The predicted molar refractivity (Wildman–Crippen MR) is 102 cm³/mol. The summed E-state index contributed by atoms with van der Waals surface area (Å²) in [5, 5.41) is 31.3. The van der Waals surface area contributed by atoms with Crippen LogP contribution < -0.4 is 15.7 Å². The molecule has 0 amide bonds. The van der Waals surface area contributed by atoms with Gasteiger partial charge in [0.2, 0.25) is 0 Å². The quantitative estimate of drug-likeness (QED) is 0.327. The van der Waals surface area contributed by atoms with Gasteiger partial charge in [-0.1, -0.05) is 6.07 Å². The molecule has 15 nitrogen and oxygen atoms in total. The van der Waals surface area contributed by atoms with Crippen LogP contribution in [-0.4, -0.2) is 54.6 Å². The van der Waals surface area contributed by atoms with Crippen LogP contribution in [0, 0.1) is 6.92 Å². The van der Waals surface area contributed by atoms with Crippen LogP contribution in [-0.2, 0) is 33.8 Å². The zero-order valence-electron chi connectivity index (χ0n) is 16.9. The fourth-order valence-corrected chi connectivity index (χ4v) is 4.87. The average molecular weight is 507 g/mol. The Kier molecular flexibility index (Phi) is 7.81. The Hall–Kier alpha value is -2.03. The Bertz CT molecular complexity index is 1140. The van der Waals surface area contributed by atoms with E-state index < -0.39 is 65.0 Å². The summed E-state index contributed by atoms with van der Waals surface area (Å²) < 4.78 is 43.0. The number of aliphatic hydroxyl groups is 2. The lowest BCUT2D eigenvalue weighted by molar-refractivity contribution is -0.275. The number of aliphatic hydroxyl groups excluding tert-OH is 2. The number of ether oxygens (including phenoxy) is 1. The van der Waals surface area contributed by atoms with E-state index in [1.807, 2.05) is 0 Å². The summed E-state index contributed by atoms with van der Waals surface area (Å²) >= 11 is 0. The minimum absolute atomic E-state index is 0.223. The number of aromatic nitrogens is 3. The third kappa shape index (κ3) is 6.74. The highest BCUT2D eigenvalue weighted by Crippen LogP contribution is 2.58. The van der Waals surface area contributed by atoms with Crippen LogP contribution in [0.2, 0.25) is 0 Å². The number of phosphoric ester groups is 2. The Morgan fingerprint density at radius 3 is 2.58 bits per heavy atom. The van der Waals surface area contributed by atoms with Crippen LogP contribution in [0.3, 0.4) is 0 Å². The first-order chi connectivity index (χ1) is 15.4. The van der Waals surface area contributed by atoms with Crippen molar-refractivity contribution in [2.45, 2.75) is 38.1 Å². The Morgan fingerprint density at radius 2 is 1.91 bits per heavy atom. The molecule has 6 atom stereocenters. The topological polar surface area (TPSA) is 226 Å². The molecule has 2 unspecified atom stereocenters. The molecular formula is C16H19N3O12P2-2. The molecule has 1 aliphatic heterocycles. The van der Waals surface area contributed by atoms with E-state index >= 15 is 0 Å². The summed E-state index contributed by atoms with van der Waals surface area (Å²) in [5.74, 6) is -0.829. The second-order valence-corrected chi connectivity index (χ2v) is 9.84. The van der Waals surface area contributed by atoms with E-state index in [2.05, 4.69) is 23.3 Å². The molecule has 0 radical (unpaired) electrons. The molecule has 2 aromatic rings. The molecule has 1 fully saturated rings. The van der Waals surface area contributed by atoms with Gasteiger partial charge in [-0.15, -0.1) is 0 Å². The number of aryl methyl sites for hydroxylation is 1. The fraction of sp³-hybridized carbons (Fsp3) is 0.438. The number of nitrogens with zero attached hydrogens (tertiary/aromatic N) is 3. The van der Waals surface area contributed by atoms with Gasteiger partial charge >= 0.3 is 13.5 Å².